The minimum atomic E-state index is -1.46. The van der Waals surface area contributed by atoms with Gasteiger partial charge in [0.05, 0.1) is 79.5 Å². The van der Waals surface area contributed by atoms with Gasteiger partial charge >= 0.3 is 39.5 Å². The number of methoxy groups -OCH3 is 2. The van der Waals surface area contributed by atoms with Crippen molar-refractivity contribution >= 4 is 46.3 Å². The zero-order valence-electron chi connectivity index (χ0n) is 25.9. The van der Waals surface area contributed by atoms with Crippen LogP contribution in [0.25, 0.3) is 0 Å². The van der Waals surface area contributed by atoms with E-state index < -0.39 is 87.3 Å². The van der Waals surface area contributed by atoms with E-state index in [0.717, 1.165) is 0 Å². The number of hydrogen-bond donors (Lipinski definition) is 4. The molecule has 2 amide bonds. The molecule has 0 saturated carbocycles. The third-order valence-corrected chi connectivity index (χ3v) is 3.88. The Hall–Kier alpha value is -6.46. The molecule has 0 radical (unpaired) electrons. The zero-order valence-corrected chi connectivity index (χ0v) is 30.0. The predicted octanol–water partition coefficient (Wildman–Crippen LogP) is -6.67. The molecule has 296 valence electrons. The second kappa shape index (κ2) is 34.4. The van der Waals surface area contributed by atoms with Gasteiger partial charge in [0.15, 0.2) is 0 Å². The molecule has 0 aliphatic heterocycles. The van der Waals surface area contributed by atoms with Crippen molar-refractivity contribution in [1.29, 1.82) is 0 Å². The Bertz CT molecular complexity index is 1270. The molecule has 35 nitrogen and oxygen atoms in total. The maximum atomic E-state index is 11.1. The number of amides is 2. The summed E-state index contributed by atoms with van der Waals surface area (Å²) in [6, 6.07) is 1.54. The normalized spacial score (nSPS) is 7.62. The number of hydrazine groups is 2. The summed E-state index contributed by atoms with van der Waals surface area (Å²) >= 11 is 0. The molecule has 0 fully saturated rings. The Kier molecular flexibility index (Phi) is 47.3. The van der Waals surface area contributed by atoms with Gasteiger partial charge in [0.1, 0.15) is 0 Å². The molecule has 0 atom stereocenters. The number of nitrogens with zero attached hydrogens (tertiary/aromatic N) is 6. The SMILES string of the molecule is COC(=O)NN.COC(=O)NN.O.O.O.O.O=[N+]([O-])c1cc([N+](=O)[O-])c([O-])c([N+](=O)[O-])c1.O=[N+]([O-])c1cc([N+](=O)[O-])c([O-])c([N+](=O)[O-])c1.[Cd+2].[OH3+].[OH3+].[OH3+]. The fraction of sp³-hybridized carbons (Fsp3) is 0.125. The van der Waals surface area contributed by atoms with Gasteiger partial charge in [0.2, 0.25) is 0 Å². The summed E-state index contributed by atoms with van der Waals surface area (Å²) in [5.41, 5.74) is -3.02. The van der Waals surface area contributed by atoms with Crippen molar-refractivity contribution < 1.29 is 124 Å². The molecule has 0 aliphatic rings. The van der Waals surface area contributed by atoms with Gasteiger partial charge in [-0.25, -0.2) is 21.3 Å². The standard InChI is InChI=1S/2C6H3N3O7.2C2H6N2O2.Cd.7H2O/c2*10-6-4(8(13)14)1-3(7(11)12)2-5(6)9(15)16;2*1-6-2(5)4-3;;;;;;;;/h2*1-2,10H;2*3H2,1H3,(H,4,5);;7*1H2/q;;;;+2;;;;;;;/p+1. The van der Waals surface area contributed by atoms with Gasteiger partial charge in [0.25, 0.3) is 34.1 Å². The second-order valence-electron chi connectivity index (χ2n) is 6.44. The van der Waals surface area contributed by atoms with Gasteiger partial charge in [-0.2, -0.15) is 0 Å². The molecule has 0 aromatic heterocycles. The van der Waals surface area contributed by atoms with Crippen molar-refractivity contribution in [2.45, 2.75) is 0 Å². The van der Waals surface area contributed by atoms with E-state index in [2.05, 4.69) is 21.2 Å². The molecule has 0 bridgehead atoms. The molecule has 0 spiro atoms. The van der Waals surface area contributed by atoms with Crippen molar-refractivity contribution in [1.82, 2.24) is 10.9 Å². The number of nitro groups is 6. The van der Waals surface area contributed by atoms with Crippen molar-refractivity contribution in [3.05, 3.63) is 85.0 Å². The van der Waals surface area contributed by atoms with E-state index in [9.17, 15) is 80.5 Å². The van der Waals surface area contributed by atoms with E-state index in [4.69, 9.17) is 0 Å². The summed E-state index contributed by atoms with van der Waals surface area (Å²) in [5.74, 6) is 6.20. The number of nitrogens with two attached hydrogens (primary N) is 2. The quantitative estimate of drug-likeness (QED) is 0.0523. The van der Waals surface area contributed by atoms with E-state index in [1.54, 1.807) is 10.9 Å². The van der Waals surface area contributed by atoms with Crippen LogP contribution in [0.5, 0.6) is 11.5 Å². The average molecular weight is 878 g/mol. The van der Waals surface area contributed by atoms with Crippen LogP contribution in [0.2, 0.25) is 0 Å². The third kappa shape index (κ3) is 23.8. The van der Waals surface area contributed by atoms with Crippen LogP contribution in [0.3, 0.4) is 0 Å². The fourth-order valence-corrected chi connectivity index (χ4v) is 2.04. The van der Waals surface area contributed by atoms with Crippen LogP contribution in [-0.4, -0.2) is 77.9 Å². The van der Waals surface area contributed by atoms with Crippen LogP contribution >= 0.6 is 0 Å². The minimum absolute atomic E-state index is 0. The number of hydrogen-bond acceptors (Lipinski definition) is 20. The van der Waals surface area contributed by atoms with Crippen LogP contribution < -0.4 is 32.7 Å². The van der Waals surface area contributed by atoms with Gasteiger partial charge < -0.3 is 58.0 Å². The van der Waals surface area contributed by atoms with E-state index in [1.807, 2.05) is 0 Å². The first-order valence-corrected chi connectivity index (χ1v) is 9.96. The third-order valence-electron chi connectivity index (χ3n) is 3.88. The maximum absolute atomic E-state index is 11.1. The van der Waals surface area contributed by atoms with Gasteiger partial charge in [-0.15, -0.1) is 0 Å². The van der Waals surface area contributed by atoms with Crippen LogP contribution in [-0.2, 0) is 53.2 Å². The number of non-ortho nitro benzene ring substituents is 2. The molecule has 0 heterocycles. The molecule has 0 aliphatic carbocycles. The van der Waals surface area contributed by atoms with Crippen molar-refractivity contribution in [2.75, 3.05) is 14.2 Å². The fourth-order valence-electron chi connectivity index (χ4n) is 2.04. The van der Waals surface area contributed by atoms with Crippen molar-refractivity contribution in [3.8, 4) is 11.5 Å². The monoisotopic (exact) mass is 879 g/mol. The molecule has 0 saturated heterocycles. The average Bonchev–Trinajstić information content (AvgIpc) is 2.96. The van der Waals surface area contributed by atoms with Gasteiger partial charge in [-0.1, -0.05) is 0 Å². The van der Waals surface area contributed by atoms with Crippen molar-refractivity contribution in [2.24, 2.45) is 11.7 Å². The number of ether oxygens (including phenoxy) is 2. The van der Waals surface area contributed by atoms with E-state index in [1.165, 1.54) is 14.2 Å². The number of carbonyl (C=O) groups is 2. The van der Waals surface area contributed by atoms with Crippen LogP contribution in [0.1, 0.15) is 0 Å². The minimum Gasteiger partial charge on any atom is -0.863 e. The van der Waals surface area contributed by atoms with E-state index in [-0.39, 0.29) is 65.6 Å². The van der Waals surface area contributed by atoms with Crippen LogP contribution in [0, 0.1) is 60.7 Å². The topological polar surface area (TPSA) is 659 Å². The number of carbonyl (C=O) groups excluding carboxylic acids is 2. The molecule has 36 heteroatoms. The summed E-state index contributed by atoms with van der Waals surface area (Å²) < 4.78 is 8.05. The number of nitrogens with one attached hydrogen (secondary N) is 2. The number of rotatable bonds is 6. The largest absolute Gasteiger partial charge is 2.00 e. The molecule has 2 rings (SSSR count). The summed E-state index contributed by atoms with van der Waals surface area (Å²) in [4.78, 5) is 74.5. The maximum Gasteiger partial charge on any atom is 2.00 e. The Balaban J connectivity index is -0.0000000581. The molecular weight excluding hydrogens is 845 g/mol. The summed E-state index contributed by atoms with van der Waals surface area (Å²) in [7, 11) is 2.48. The van der Waals surface area contributed by atoms with Crippen LogP contribution in [0.15, 0.2) is 24.3 Å². The van der Waals surface area contributed by atoms with E-state index >= 15 is 0 Å². The van der Waals surface area contributed by atoms with Gasteiger partial charge in [0, 0.05) is 0 Å². The predicted molar refractivity (Wildman–Crippen MR) is 160 cm³/mol. The Morgan fingerprint density at radius 1 is 0.519 bits per heavy atom. The van der Waals surface area contributed by atoms with Gasteiger partial charge in [-0.05, 0) is 0 Å². The summed E-state index contributed by atoms with van der Waals surface area (Å²) in [5, 5.41) is 84.2. The molecule has 2 aromatic carbocycles. The first-order valence-electron chi connectivity index (χ1n) is 9.96. The van der Waals surface area contributed by atoms with Crippen molar-refractivity contribution in [3.63, 3.8) is 0 Å². The first-order chi connectivity index (χ1) is 20.3. The number of nitro benzene ring substituents is 6. The van der Waals surface area contributed by atoms with Crippen LogP contribution in [0.4, 0.5) is 43.7 Å². The smallest absolute Gasteiger partial charge is 0.863 e. The number of benzene rings is 2. The van der Waals surface area contributed by atoms with E-state index in [0.29, 0.717) is 24.3 Å². The molecule has 52 heavy (non-hydrogen) atoms. The molecule has 0 unspecified atom stereocenters. The molecular formula is C16H33CdN10O25+3. The summed E-state index contributed by atoms with van der Waals surface area (Å²) in [6.07, 6.45) is -1.26. The van der Waals surface area contributed by atoms with Gasteiger partial charge in [-0.3, -0.25) is 71.5 Å². The summed E-state index contributed by atoms with van der Waals surface area (Å²) in [6.45, 7) is 0. The second-order valence-corrected chi connectivity index (χ2v) is 6.44. The zero-order chi connectivity index (χ0) is 34.9. The Morgan fingerprint density at radius 3 is 0.769 bits per heavy atom. The Labute approximate surface area is 303 Å². The first kappa shape index (κ1) is 71.5. The molecule has 2 aromatic rings. The molecule has 23 N–H and O–H groups in total. The Morgan fingerprint density at radius 2 is 0.692 bits per heavy atom.